The maximum atomic E-state index is 12.5. The fourth-order valence-electron chi connectivity index (χ4n) is 2.87. The number of ether oxygens (including phenoxy) is 2. The molecular formula is C13H19N3O3. The lowest BCUT2D eigenvalue weighted by atomic mass is 10.0. The lowest BCUT2D eigenvalue weighted by molar-refractivity contribution is -0.183. The fraction of sp³-hybridized carbons (Fsp3) is 0.692. The van der Waals surface area contributed by atoms with Crippen molar-refractivity contribution >= 4 is 5.91 Å². The first-order valence-electron chi connectivity index (χ1n) is 6.67. The molecule has 2 saturated heterocycles. The lowest BCUT2D eigenvalue weighted by Crippen LogP contribution is -2.51. The van der Waals surface area contributed by atoms with Crippen LogP contribution < -0.4 is 0 Å². The number of aromatic nitrogens is 2. The van der Waals surface area contributed by atoms with E-state index in [9.17, 15) is 4.79 Å². The third-order valence-electron chi connectivity index (χ3n) is 3.76. The summed E-state index contributed by atoms with van der Waals surface area (Å²) in [4.78, 5) is 14.4. The van der Waals surface area contributed by atoms with Crippen LogP contribution in [0.4, 0.5) is 0 Å². The smallest absolute Gasteiger partial charge is 0.257 e. The number of nitrogens with zero attached hydrogens (tertiary/aromatic N) is 3. The number of amides is 1. The highest BCUT2D eigenvalue weighted by Gasteiger charge is 2.42. The molecule has 0 bridgehead atoms. The number of hydrogen-bond acceptors (Lipinski definition) is 4. The van der Waals surface area contributed by atoms with E-state index in [1.54, 1.807) is 10.9 Å². The van der Waals surface area contributed by atoms with Crippen LogP contribution in [0.15, 0.2) is 6.20 Å². The predicted molar refractivity (Wildman–Crippen MR) is 67.7 cm³/mol. The minimum atomic E-state index is -0.565. The maximum Gasteiger partial charge on any atom is 0.257 e. The summed E-state index contributed by atoms with van der Waals surface area (Å²) >= 11 is 0. The minimum absolute atomic E-state index is 0.0174. The van der Waals surface area contributed by atoms with Crippen LogP contribution in [-0.4, -0.2) is 52.7 Å². The van der Waals surface area contributed by atoms with Gasteiger partial charge in [0.05, 0.1) is 31.0 Å². The van der Waals surface area contributed by atoms with Crippen LogP contribution in [0.1, 0.15) is 28.9 Å². The van der Waals surface area contributed by atoms with Crippen LogP contribution in [0.2, 0.25) is 0 Å². The van der Waals surface area contributed by atoms with Crippen molar-refractivity contribution in [1.29, 1.82) is 0 Å². The quantitative estimate of drug-likeness (QED) is 0.750. The molecule has 2 fully saturated rings. The third-order valence-corrected chi connectivity index (χ3v) is 3.76. The van der Waals surface area contributed by atoms with Gasteiger partial charge in [-0.2, -0.15) is 5.10 Å². The van der Waals surface area contributed by atoms with Crippen LogP contribution in [-0.2, 0) is 16.5 Å². The highest BCUT2D eigenvalue weighted by atomic mass is 16.7. The first-order chi connectivity index (χ1) is 9.10. The van der Waals surface area contributed by atoms with E-state index in [0.29, 0.717) is 25.3 Å². The molecule has 2 aliphatic heterocycles. The van der Waals surface area contributed by atoms with Gasteiger partial charge in [-0.1, -0.05) is 0 Å². The van der Waals surface area contributed by atoms with E-state index in [1.165, 1.54) is 0 Å². The number of hydrogen-bond donors (Lipinski definition) is 0. The van der Waals surface area contributed by atoms with E-state index in [-0.39, 0.29) is 5.91 Å². The van der Waals surface area contributed by atoms with Gasteiger partial charge in [0, 0.05) is 26.2 Å². The number of carbonyl (C=O) groups excluding carboxylic acids is 1. The Morgan fingerprint density at radius 3 is 2.79 bits per heavy atom. The van der Waals surface area contributed by atoms with Crippen LogP contribution in [0.3, 0.4) is 0 Å². The minimum Gasteiger partial charge on any atom is -0.346 e. The van der Waals surface area contributed by atoms with Crippen molar-refractivity contribution < 1.29 is 14.3 Å². The first kappa shape index (κ1) is 12.6. The Labute approximate surface area is 112 Å². The third kappa shape index (κ3) is 2.26. The average molecular weight is 265 g/mol. The molecule has 0 saturated carbocycles. The molecule has 0 radical (unpaired) electrons. The first-order valence-corrected chi connectivity index (χ1v) is 6.67. The predicted octanol–water partition coefficient (Wildman–Crippen LogP) is 0.708. The van der Waals surface area contributed by atoms with E-state index >= 15 is 0 Å². The molecule has 6 heteroatoms. The van der Waals surface area contributed by atoms with Crippen molar-refractivity contribution in [3.8, 4) is 0 Å². The second-order valence-corrected chi connectivity index (χ2v) is 5.24. The summed E-state index contributed by atoms with van der Waals surface area (Å²) in [7, 11) is 1.82. The molecule has 1 aromatic rings. The van der Waals surface area contributed by atoms with Gasteiger partial charge in [-0.3, -0.25) is 9.48 Å². The van der Waals surface area contributed by atoms with E-state index in [0.717, 1.165) is 25.1 Å². The van der Waals surface area contributed by atoms with Gasteiger partial charge >= 0.3 is 0 Å². The normalized spacial score (nSPS) is 22.1. The molecule has 1 amide bonds. The molecule has 6 nitrogen and oxygen atoms in total. The Kier molecular flexibility index (Phi) is 3.06. The van der Waals surface area contributed by atoms with E-state index in [2.05, 4.69) is 5.10 Å². The van der Waals surface area contributed by atoms with Crippen LogP contribution in [0.5, 0.6) is 0 Å². The Bertz CT molecular complexity index is 491. The van der Waals surface area contributed by atoms with E-state index in [1.807, 2.05) is 18.9 Å². The molecule has 3 rings (SSSR count). The molecule has 0 N–H and O–H groups in total. The molecule has 0 aliphatic carbocycles. The second kappa shape index (κ2) is 4.61. The molecule has 0 atom stereocenters. The number of piperidine rings is 1. The van der Waals surface area contributed by atoms with Crippen molar-refractivity contribution in [2.45, 2.75) is 25.6 Å². The van der Waals surface area contributed by atoms with Crippen molar-refractivity contribution in [3.63, 3.8) is 0 Å². The number of rotatable bonds is 1. The van der Waals surface area contributed by atoms with Crippen molar-refractivity contribution in [3.05, 3.63) is 17.5 Å². The SMILES string of the molecule is Cc1nn(C)cc1C(=O)N1CCCC2(C1)OCCO2. The molecule has 0 aromatic carbocycles. The van der Waals surface area contributed by atoms with Crippen LogP contribution in [0, 0.1) is 6.92 Å². The summed E-state index contributed by atoms with van der Waals surface area (Å²) in [5.41, 5.74) is 1.43. The topological polar surface area (TPSA) is 56.6 Å². The molecule has 2 aliphatic rings. The molecule has 1 aromatic heterocycles. The van der Waals surface area contributed by atoms with Crippen molar-refractivity contribution in [2.24, 2.45) is 7.05 Å². The van der Waals surface area contributed by atoms with Gasteiger partial charge in [-0.05, 0) is 13.3 Å². The van der Waals surface area contributed by atoms with Crippen molar-refractivity contribution in [1.82, 2.24) is 14.7 Å². The summed E-state index contributed by atoms with van der Waals surface area (Å²) < 4.78 is 13.1. The Hall–Kier alpha value is -1.40. The van der Waals surface area contributed by atoms with Gasteiger partial charge in [-0.25, -0.2) is 0 Å². The number of likely N-dealkylation sites (tertiary alicyclic amines) is 1. The van der Waals surface area contributed by atoms with Crippen LogP contribution >= 0.6 is 0 Å². The number of aryl methyl sites for hydroxylation is 2. The molecule has 0 unspecified atom stereocenters. The molecule has 104 valence electrons. The standard InChI is InChI=1S/C13H19N3O3/c1-10-11(8-15(2)14-10)12(17)16-5-3-4-13(9-16)18-6-7-19-13/h8H,3-7,9H2,1-2H3. The van der Waals surface area contributed by atoms with E-state index < -0.39 is 5.79 Å². The zero-order valence-corrected chi connectivity index (χ0v) is 11.4. The van der Waals surface area contributed by atoms with Gasteiger partial charge in [0.1, 0.15) is 0 Å². The summed E-state index contributed by atoms with van der Waals surface area (Å²) in [6.45, 7) is 4.36. The monoisotopic (exact) mass is 265 g/mol. The Balaban J connectivity index is 1.78. The average Bonchev–Trinajstić information content (AvgIpc) is 2.96. The molecule has 3 heterocycles. The zero-order valence-electron chi connectivity index (χ0n) is 11.4. The van der Waals surface area contributed by atoms with E-state index in [4.69, 9.17) is 9.47 Å². The molecular weight excluding hydrogens is 246 g/mol. The molecule has 19 heavy (non-hydrogen) atoms. The van der Waals surface area contributed by atoms with Gasteiger partial charge in [0.2, 0.25) is 0 Å². The van der Waals surface area contributed by atoms with Gasteiger partial charge in [0.25, 0.3) is 5.91 Å². The highest BCUT2D eigenvalue weighted by molar-refractivity contribution is 5.95. The molecule has 1 spiro atoms. The van der Waals surface area contributed by atoms with Crippen molar-refractivity contribution in [2.75, 3.05) is 26.3 Å². The summed E-state index contributed by atoms with van der Waals surface area (Å²) in [6.07, 6.45) is 3.54. The largest absolute Gasteiger partial charge is 0.346 e. The second-order valence-electron chi connectivity index (χ2n) is 5.24. The highest BCUT2D eigenvalue weighted by Crippen LogP contribution is 2.30. The van der Waals surface area contributed by atoms with Gasteiger partial charge < -0.3 is 14.4 Å². The number of carbonyl (C=O) groups is 1. The van der Waals surface area contributed by atoms with Crippen LogP contribution in [0.25, 0.3) is 0 Å². The maximum absolute atomic E-state index is 12.5. The summed E-state index contributed by atoms with van der Waals surface area (Å²) in [5, 5.41) is 4.22. The zero-order chi connectivity index (χ0) is 13.5. The Morgan fingerprint density at radius 1 is 1.42 bits per heavy atom. The van der Waals surface area contributed by atoms with Gasteiger partial charge in [0.15, 0.2) is 5.79 Å². The van der Waals surface area contributed by atoms with Gasteiger partial charge in [-0.15, -0.1) is 0 Å². The summed E-state index contributed by atoms with van der Waals surface area (Å²) in [6, 6.07) is 0. The Morgan fingerprint density at radius 2 is 2.16 bits per heavy atom. The summed E-state index contributed by atoms with van der Waals surface area (Å²) in [5.74, 6) is -0.548. The lowest BCUT2D eigenvalue weighted by Gasteiger charge is -2.38. The fourth-order valence-corrected chi connectivity index (χ4v) is 2.87.